The lowest BCUT2D eigenvalue weighted by Crippen LogP contribution is -2.45. The Morgan fingerprint density at radius 2 is 2.09 bits per heavy atom. The van der Waals surface area contributed by atoms with Crippen molar-refractivity contribution in [3.05, 3.63) is 11.8 Å². The molecule has 2 aliphatic carbocycles. The fourth-order valence-electron chi connectivity index (χ4n) is 3.86. The van der Waals surface area contributed by atoms with Crippen LogP contribution in [0.4, 0.5) is 10.6 Å². The minimum atomic E-state index is -0.782. The van der Waals surface area contributed by atoms with Crippen molar-refractivity contribution in [2.75, 3.05) is 5.73 Å². The van der Waals surface area contributed by atoms with Gasteiger partial charge in [0, 0.05) is 23.6 Å². The highest BCUT2D eigenvalue weighted by Crippen LogP contribution is 2.47. The maximum absolute atomic E-state index is 11.7. The first kappa shape index (κ1) is 16.1. The van der Waals surface area contributed by atoms with Gasteiger partial charge in [0.05, 0.1) is 11.2 Å². The van der Waals surface area contributed by atoms with E-state index in [4.69, 9.17) is 10.8 Å². The van der Waals surface area contributed by atoms with Gasteiger partial charge in [-0.25, -0.2) is 9.48 Å². The summed E-state index contributed by atoms with van der Waals surface area (Å²) in [6, 6.07) is 2.06. The number of anilines is 1. The third-order valence-electron chi connectivity index (χ3n) is 5.34. The molecule has 1 heterocycles. The molecule has 2 fully saturated rings. The molecule has 128 valence electrons. The van der Waals surface area contributed by atoms with E-state index in [1.165, 1.54) is 0 Å². The van der Waals surface area contributed by atoms with E-state index in [9.17, 15) is 9.90 Å². The van der Waals surface area contributed by atoms with E-state index in [1.54, 1.807) is 4.90 Å². The Morgan fingerprint density at radius 1 is 1.43 bits per heavy atom. The van der Waals surface area contributed by atoms with Crippen LogP contribution in [0.2, 0.25) is 0 Å². The van der Waals surface area contributed by atoms with Crippen molar-refractivity contribution in [1.82, 2.24) is 14.7 Å². The zero-order valence-electron chi connectivity index (χ0n) is 14.5. The van der Waals surface area contributed by atoms with Crippen molar-refractivity contribution in [3.8, 4) is 0 Å². The molecule has 3 rings (SSSR count). The predicted octanol–water partition coefficient (Wildman–Crippen LogP) is 3.39. The molecule has 1 amide bonds. The lowest BCUT2D eigenvalue weighted by atomic mass is 10.0. The van der Waals surface area contributed by atoms with Gasteiger partial charge in [-0.2, -0.15) is 5.10 Å². The molecule has 0 aromatic carbocycles. The number of carbonyl (C=O) groups is 1. The number of amides is 1. The fourth-order valence-corrected chi connectivity index (χ4v) is 3.86. The SMILES string of the molecule is CC1(N(C(=O)O)[C@H]2CC[C@@H](c3cc(N)n(C(C)(C)C)n3)C2)CC1. The molecular formula is C17H28N4O2. The quantitative estimate of drug-likeness (QED) is 0.894. The third kappa shape index (κ3) is 2.91. The Kier molecular flexibility index (Phi) is 3.61. The highest BCUT2D eigenvalue weighted by Gasteiger charge is 2.50. The van der Waals surface area contributed by atoms with Gasteiger partial charge in [0.1, 0.15) is 5.82 Å². The van der Waals surface area contributed by atoms with Crippen molar-refractivity contribution in [2.45, 2.75) is 82.8 Å². The molecular weight excluding hydrogens is 292 g/mol. The zero-order chi connectivity index (χ0) is 17.0. The van der Waals surface area contributed by atoms with Crippen LogP contribution >= 0.6 is 0 Å². The van der Waals surface area contributed by atoms with Gasteiger partial charge in [0.15, 0.2) is 0 Å². The number of carboxylic acid groups (broad SMARTS) is 1. The van der Waals surface area contributed by atoms with Crippen LogP contribution < -0.4 is 5.73 Å². The molecule has 0 unspecified atom stereocenters. The monoisotopic (exact) mass is 320 g/mol. The summed E-state index contributed by atoms with van der Waals surface area (Å²) in [5, 5.41) is 14.3. The molecule has 1 aromatic heterocycles. The Balaban J connectivity index is 1.76. The average Bonchev–Trinajstić information content (AvgIpc) is 2.86. The minimum Gasteiger partial charge on any atom is -0.465 e. The summed E-state index contributed by atoms with van der Waals surface area (Å²) >= 11 is 0. The van der Waals surface area contributed by atoms with Crippen molar-refractivity contribution in [2.24, 2.45) is 0 Å². The molecule has 0 aliphatic heterocycles. The molecule has 1 aromatic rings. The summed E-state index contributed by atoms with van der Waals surface area (Å²) in [6.07, 6.45) is 3.91. The Hall–Kier alpha value is -1.72. The summed E-state index contributed by atoms with van der Waals surface area (Å²) in [5.41, 5.74) is 6.83. The van der Waals surface area contributed by atoms with Crippen LogP contribution in [0.15, 0.2) is 6.07 Å². The molecule has 6 nitrogen and oxygen atoms in total. The largest absolute Gasteiger partial charge is 0.465 e. The first-order valence-electron chi connectivity index (χ1n) is 8.50. The molecule has 23 heavy (non-hydrogen) atoms. The maximum atomic E-state index is 11.7. The van der Waals surface area contributed by atoms with Gasteiger partial charge in [-0.15, -0.1) is 0 Å². The first-order valence-corrected chi connectivity index (χ1v) is 8.50. The second-order valence-corrected chi connectivity index (χ2v) is 8.39. The van der Waals surface area contributed by atoms with Gasteiger partial charge in [-0.1, -0.05) is 0 Å². The summed E-state index contributed by atoms with van der Waals surface area (Å²) < 4.78 is 1.87. The van der Waals surface area contributed by atoms with Gasteiger partial charge in [-0.3, -0.25) is 4.90 Å². The van der Waals surface area contributed by atoms with Gasteiger partial charge in [-0.05, 0) is 59.8 Å². The fraction of sp³-hybridized carbons (Fsp3) is 0.765. The second-order valence-electron chi connectivity index (χ2n) is 8.39. The van der Waals surface area contributed by atoms with Gasteiger partial charge < -0.3 is 10.8 Å². The van der Waals surface area contributed by atoms with E-state index in [0.717, 1.165) is 37.8 Å². The number of nitrogens with zero attached hydrogens (tertiary/aromatic N) is 3. The number of nitrogen functional groups attached to an aromatic ring is 1. The van der Waals surface area contributed by atoms with Crippen LogP contribution in [0, 0.1) is 0 Å². The Morgan fingerprint density at radius 3 is 2.57 bits per heavy atom. The number of hydrogen-bond acceptors (Lipinski definition) is 3. The van der Waals surface area contributed by atoms with E-state index < -0.39 is 6.09 Å². The van der Waals surface area contributed by atoms with Crippen LogP contribution in [-0.2, 0) is 5.54 Å². The molecule has 0 bridgehead atoms. The van der Waals surface area contributed by atoms with Crippen LogP contribution in [0.1, 0.15) is 71.4 Å². The van der Waals surface area contributed by atoms with Crippen LogP contribution in [0.25, 0.3) is 0 Å². The summed E-state index contributed by atoms with van der Waals surface area (Å²) in [6.45, 7) is 8.30. The first-order chi connectivity index (χ1) is 10.6. The topological polar surface area (TPSA) is 84.4 Å². The van der Waals surface area contributed by atoms with Gasteiger partial charge >= 0.3 is 6.09 Å². The van der Waals surface area contributed by atoms with Crippen LogP contribution in [0.3, 0.4) is 0 Å². The molecule has 2 saturated carbocycles. The van der Waals surface area contributed by atoms with E-state index >= 15 is 0 Å². The van der Waals surface area contributed by atoms with E-state index in [0.29, 0.717) is 11.7 Å². The highest BCUT2D eigenvalue weighted by atomic mass is 16.4. The van der Waals surface area contributed by atoms with Crippen molar-refractivity contribution >= 4 is 11.9 Å². The molecule has 2 atom stereocenters. The molecule has 0 saturated heterocycles. The molecule has 2 aliphatic rings. The highest BCUT2D eigenvalue weighted by molar-refractivity contribution is 5.67. The van der Waals surface area contributed by atoms with Gasteiger partial charge in [0.2, 0.25) is 0 Å². The number of nitrogens with two attached hydrogens (primary N) is 1. The average molecular weight is 320 g/mol. The number of hydrogen-bond donors (Lipinski definition) is 2. The summed E-state index contributed by atoms with van der Waals surface area (Å²) in [7, 11) is 0. The summed E-state index contributed by atoms with van der Waals surface area (Å²) in [4.78, 5) is 13.4. The number of aromatic nitrogens is 2. The predicted molar refractivity (Wildman–Crippen MR) is 89.5 cm³/mol. The van der Waals surface area contributed by atoms with E-state index in [1.807, 2.05) is 10.7 Å². The third-order valence-corrected chi connectivity index (χ3v) is 5.34. The normalized spacial score (nSPS) is 26.3. The standard InChI is InChI=1S/C17H28N4O2/c1-16(2,3)21-14(18)10-13(19-21)11-5-6-12(9-11)20(15(22)23)17(4)7-8-17/h10-12H,5-9,18H2,1-4H3,(H,22,23)/t11-,12+/m1/s1. The zero-order valence-corrected chi connectivity index (χ0v) is 14.5. The van der Waals surface area contributed by atoms with E-state index in [2.05, 4.69) is 27.7 Å². The van der Waals surface area contributed by atoms with Crippen LogP contribution in [0.5, 0.6) is 0 Å². The van der Waals surface area contributed by atoms with Crippen molar-refractivity contribution < 1.29 is 9.90 Å². The smallest absolute Gasteiger partial charge is 0.408 e. The van der Waals surface area contributed by atoms with E-state index in [-0.39, 0.29) is 17.1 Å². The Bertz CT molecular complexity index is 613. The lowest BCUT2D eigenvalue weighted by molar-refractivity contribution is 0.0955. The second kappa shape index (κ2) is 5.14. The van der Waals surface area contributed by atoms with Crippen LogP contribution in [-0.4, -0.2) is 37.5 Å². The summed E-state index contributed by atoms with van der Waals surface area (Å²) in [5.74, 6) is 0.982. The molecule has 3 N–H and O–H groups in total. The number of rotatable bonds is 3. The molecule has 6 heteroatoms. The maximum Gasteiger partial charge on any atom is 0.408 e. The lowest BCUT2D eigenvalue weighted by Gasteiger charge is -2.32. The van der Waals surface area contributed by atoms with Crippen molar-refractivity contribution in [1.29, 1.82) is 0 Å². The molecule has 0 radical (unpaired) electrons. The Labute approximate surface area is 137 Å². The van der Waals surface area contributed by atoms with Crippen molar-refractivity contribution in [3.63, 3.8) is 0 Å². The minimum absolute atomic E-state index is 0.103. The van der Waals surface area contributed by atoms with Gasteiger partial charge in [0.25, 0.3) is 0 Å². The molecule has 0 spiro atoms.